The third-order valence-electron chi connectivity index (χ3n) is 6.35. The first-order valence-corrected chi connectivity index (χ1v) is 12.3. The number of fused-ring (bicyclic) bond motifs is 6. The van der Waals surface area contributed by atoms with Crippen LogP contribution in [0.5, 0.6) is 11.6 Å². The first kappa shape index (κ1) is 22.3. The molecule has 0 aliphatic carbocycles. The van der Waals surface area contributed by atoms with Gasteiger partial charge in [-0.25, -0.2) is 19.3 Å². The van der Waals surface area contributed by atoms with Gasteiger partial charge in [-0.2, -0.15) is 0 Å². The second-order valence-electron chi connectivity index (χ2n) is 8.48. The van der Waals surface area contributed by atoms with E-state index in [9.17, 15) is 4.79 Å². The van der Waals surface area contributed by atoms with Crippen molar-refractivity contribution in [3.63, 3.8) is 0 Å². The lowest BCUT2D eigenvalue weighted by atomic mass is 9.84. The van der Waals surface area contributed by atoms with Gasteiger partial charge in [-0.1, -0.05) is 65.1 Å². The quantitative estimate of drug-likeness (QED) is 0.214. The van der Waals surface area contributed by atoms with Crippen LogP contribution in [0.25, 0.3) is 28.0 Å². The van der Waals surface area contributed by atoms with E-state index in [2.05, 4.69) is 10.1 Å². The van der Waals surface area contributed by atoms with E-state index in [1.54, 1.807) is 36.4 Å². The van der Waals surface area contributed by atoms with Crippen LogP contribution >= 0.6 is 34.8 Å². The van der Waals surface area contributed by atoms with Gasteiger partial charge < -0.3 is 9.15 Å². The fraction of sp³-hybridized carbons (Fsp3) is 0.0370. The van der Waals surface area contributed by atoms with E-state index in [-0.39, 0.29) is 11.4 Å². The Morgan fingerprint density at radius 1 is 0.892 bits per heavy atom. The van der Waals surface area contributed by atoms with Gasteiger partial charge in [0.05, 0.1) is 27.5 Å². The Bertz CT molecular complexity index is 1950. The summed E-state index contributed by atoms with van der Waals surface area (Å²) in [6.07, 6.45) is 1.51. The Morgan fingerprint density at radius 2 is 1.70 bits per heavy atom. The van der Waals surface area contributed by atoms with Crippen molar-refractivity contribution in [1.82, 2.24) is 19.6 Å². The molecular formula is C27H13Cl3N4O3. The minimum absolute atomic E-state index is 0.282. The van der Waals surface area contributed by atoms with Crippen LogP contribution in [0.3, 0.4) is 0 Å². The number of ether oxygens (including phenoxy) is 1. The van der Waals surface area contributed by atoms with E-state index in [1.165, 1.54) is 10.8 Å². The molecule has 1 atom stereocenters. The fourth-order valence-corrected chi connectivity index (χ4v) is 5.47. The molecule has 0 radical (unpaired) electrons. The first-order chi connectivity index (χ1) is 18.0. The van der Waals surface area contributed by atoms with E-state index >= 15 is 0 Å². The Morgan fingerprint density at radius 3 is 2.54 bits per heavy atom. The van der Waals surface area contributed by atoms with Crippen LogP contribution in [0, 0.1) is 0 Å². The molecule has 0 spiro atoms. The van der Waals surface area contributed by atoms with Crippen LogP contribution in [-0.2, 0) is 0 Å². The lowest BCUT2D eigenvalue weighted by molar-refractivity contribution is 0.422. The molecule has 6 aromatic rings. The highest BCUT2D eigenvalue weighted by atomic mass is 35.5. The summed E-state index contributed by atoms with van der Waals surface area (Å²) in [7, 11) is 0. The topological polar surface area (TPSA) is 82.5 Å². The summed E-state index contributed by atoms with van der Waals surface area (Å²) in [5.74, 6) is 0.324. The first-order valence-electron chi connectivity index (χ1n) is 11.2. The second kappa shape index (κ2) is 8.31. The highest BCUT2D eigenvalue weighted by Gasteiger charge is 2.38. The van der Waals surface area contributed by atoms with E-state index < -0.39 is 11.5 Å². The van der Waals surface area contributed by atoms with Crippen molar-refractivity contribution >= 4 is 51.4 Å². The number of aromatic nitrogens is 4. The van der Waals surface area contributed by atoms with Crippen LogP contribution in [0.2, 0.25) is 15.1 Å². The highest BCUT2D eigenvalue weighted by molar-refractivity contribution is 6.35. The standard InChI is InChI=1S/C27H13Cl3N4O3/c28-13-9-10-14(18(30)11-13)20-21-23(16-6-2-4-8-19(16)36-27(21)35)37-26-22(20)25-32-24(33-34(25)12-31-26)15-5-1-3-7-17(15)29/h1-12,20H. The Labute approximate surface area is 223 Å². The zero-order valence-electron chi connectivity index (χ0n) is 18.7. The largest absolute Gasteiger partial charge is 0.437 e. The molecule has 0 bridgehead atoms. The maximum atomic E-state index is 13.5. The number of rotatable bonds is 2. The predicted molar refractivity (Wildman–Crippen MR) is 141 cm³/mol. The summed E-state index contributed by atoms with van der Waals surface area (Å²) in [5, 5.41) is 6.57. The van der Waals surface area contributed by atoms with Gasteiger partial charge in [-0.05, 0) is 42.0 Å². The highest BCUT2D eigenvalue weighted by Crippen LogP contribution is 2.50. The number of para-hydroxylation sites is 1. The fourth-order valence-electron chi connectivity index (χ4n) is 4.73. The normalized spacial score (nSPS) is 14.4. The molecule has 3 aromatic heterocycles. The molecular weight excluding hydrogens is 535 g/mol. The molecule has 10 heteroatoms. The van der Waals surface area contributed by atoms with Crippen molar-refractivity contribution in [2.75, 3.05) is 0 Å². The molecule has 0 N–H and O–H groups in total. The molecule has 7 nitrogen and oxygen atoms in total. The number of halogens is 3. The predicted octanol–water partition coefficient (Wildman–Crippen LogP) is 7.14. The van der Waals surface area contributed by atoms with Crippen molar-refractivity contribution in [3.8, 4) is 23.0 Å². The maximum absolute atomic E-state index is 13.5. The van der Waals surface area contributed by atoms with E-state index in [1.807, 2.05) is 30.3 Å². The second-order valence-corrected chi connectivity index (χ2v) is 9.73. The molecule has 0 saturated carbocycles. The number of nitrogens with zero attached hydrogens (tertiary/aromatic N) is 4. The van der Waals surface area contributed by atoms with Crippen molar-refractivity contribution < 1.29 is 9.15 Å². The van der Waals surface area contributed by atoms with Gasteiger partial charge in [0.25, 0.3) is 0 Å². The summed E-state index contributed by atoms with van der Waals surface area (Å²) in [6.45, 7) is 0. The number of benzene rings is 3. The molecule has 1 unspecified atom stereocenters. The van der Waals surface area contributed by atoms with E-state index in [0.717, 1.165) is 0 Å². The van der Waals surface area contributed by atoms with Crippen molar-refractivity contribution in [2.45, 2.75) is 5.92 Å². The van der Waals surface area contributed by atoms with Crippen LogP contribution in [0.15, 0.2) is 82.3 Å². The lowest BCUT2D eigenvalue weighted by Crippen LogP contribution is -2.22. The monoisotopic (exact) mass is 546 g/mol. The molecule has 0 fully saturated rings. The smallest absolute Gasteiger partial charge is 0.344 e. The van der Waals surface area contributed by atoms with Crippen LogP contribution < -0.4 is 10.4 Å². The Kier molecular flexibility index (Phi) is 5.01. The summed E-state index contributed by atoms with van der Waals surface area (Å²) >= 11 is 19.3. The summed E-state index contributed by atoms with van der Waals surface area (Å²) in [5.41, 5.74) is 2.37. The molecule has 1 aliphatic rings. The summed E-state index contributed by atoms with van der Waals surface area (Å²) < 4.78 is 13.5. The van der Waals surface area contributed by atoms with Gasteiger partial charge >= 0.3 is 5.63 Å². The molecule has 3 aromatic carbocycles. The van der Waals surface area contributed by atoms with Crippen LogP contribution in [-0.4, -0.2) is 19.6 Å². The summed E-state index contributed by atoms with van der Waals surface area (Å²) in [4.78, 5) is 22.8. The van der Waals surface area contributed by atoms with Gasteiger partial charge in [0, 0.05) is 15.6 Å². The minimum atomic E-state index is -0.719. The molecule has 7 rings (SSSR count). The average molecular weight is 548 g/mol. The third-order valence-corrected chi connectivity index (χ3v) is 7.24. The molecule has 4 heterocycles. The molecule has 0 saturated heterocycles. The zero-order chi connectivity index (χ0) is 25.3. The maximum Gasteiger partial charge on any atom is 0.344 e. The molecule has 0 amide bonds. The molecule has 1 aliphatic heterocycles. The molecule has 180 valence electrons. The van der Waals surface area contributed by atoms with Crippen molar-refractivity contribution in [2.24, 2.45) is 0 Å². The number of hydrogen-bond acceptors (Lipinski definition) is 6. The number of hydrogen-bond donors (Lipinski definition) is 0. The van der Waals surface area contributed by atoms with Crippen molar-refractivity contribution in [1.29, 1.82) is 0 Å². The minimum Gasteiger partial charge on any atom is -0.437 e. The van der Waals surface area contributed by atoms with Gasteiger partial charge in [0.1, 0.15) is 11.9 Å². The average Bonchev–Trinajstić information content (AvgIpc) is 3.32. The van der Waals surface area contributed by atoms with Gasteiger partial charge in [0.15, 0.2) is 17.2 Å². The van der Waals surface area contributed by atoms with Gasteiger partial charge in [0.2, 0.25) is 5.88 Å². The van der Waals surface area contributed by atoms with Gasteiger partial charge in [-0.3, -0.25) is 0 Å². The Balaban J connectivity index is 1.57. The zero-order valence-corrected chi connectivity index (χ0v) is 20.9. The third kappa shape index (κ3) is 3.43. The van der Waals surface area contributed by atoms with Crippen LogP contribution in [0.1, 0.15) is 22.6 Å². The lowest BCUT2D eigenvalue weighted by Gasteiger charge is -2.27. The van der Waals surface area contributed by atoms with Gasteiger partial charge in [-0.15, -0.1) is 5.10 Å². The Hall–Kier alpha value is -3.91. The SMILES string of the molecule is O=c1oc2ccccc2c2c1C(c1ccc(Cl)cc1Cl)c1c(ncn3nc(-c4ccccc4Cl)nc13)O2. The van der Waals surface area contributed by atoms with E-state index in [4.69, 9.17) is 48.9 Å². The van der Waals surface area contributed by atoms with E-state index in [0.29, 0.717) is 59.9 Å². The van der Waals surface area contributed by atoms with Crippen molar-refractivity contribution in [3.05, 3.63) is 115 Å². The van der Waals surface area contributed by atoms with Crippen LogP contribution in [0.4, 0.5) is 0 Å². The molecule has 37 heavy (non-hydrogen) atoms. The summed E-state index contributed by atoms with van der Waals surface area (Å²) in [6, 6.07) is 19.6.